The van der Waals surface area contributed by atoms with E-state index in [1.165, 1.54) is 22.6 Å². The van der Waals surface area contributed by atoms with E-state index < -0.39 is 6.36 Å². The molecule has 0 unspecified atom stereocenters. The Labute approximate surface area is 152 Å². The fourth-order valence-electron chi connectivity index (χ4n) is 3.39. The zero-order chi connectivity index (χ0) is 19.0. The molecule has 5 nitrogen and oxygen atoms in total. The number of rotatable bonds is 3. The Kier molecular flexibility index (Phi) is 4.25. The van der Waals surface area contributed by atoms with Gasteiger partial charge < -0.3 is 9.64 Å². The molecule has 0 fully saturated rings. The number of aryl methyl sites for hydroxylation is 1. The standard InChI is InChI=1S/C19H16F3N3O2/c20-19(21,22)27-15-6-7-16-13(10-15)4-3-8-24(16)12-14-11-18(26)25-9-2-1-5-17(25)23-14/h1-2,5-7,9-11H,3-4,8,12H2. The Morgan fingerprint density at radius 3 is 2.81 bits per heavy atom. The van der Waals surface area contributed by atoms with E-state index in [0.717, 1.165) is 24.2 Å². The third-order valence-corrected chi connectivity index (χ3v) is 4.48. The van der Waals surface area contributed by atoms with Crippen molar-refractivity contribution in [2.24, 2.45) is 0 Å². The third kappa shape index (κ3) is 3.74. The lowest BCUT2D eigenvalue weighted by Crippen LogP contribution is -2.30. The minimum Gasteiger partial charge on any atom is -0.406 e. The summed E-state index contributed by atoms with van der Waals surface area (Å²) in [4.78, 5) is 18.8. The van der Waals surface area contributed by atoms with Gasteiger partial charge in [-0.3, -0.25) is 9.20 Å². The number of anilines is 1. The van der Waals surface area contributed by atoms with Crippen molar-refractivity contribution in [3.05, 3.63) is 70.3 Å². The predicted octanol–water partition coefficient (Wildman–Crippen LogP) is 3.55. The second kappa shape index (κ2) is 6.61. The molecule has 4 rings (SSSR count). The highest BCUT2D eigenvalue weighted by Gasteiger charge is 2.31. The fourth-order valence-corrected chi connectivity index (χ4v) is 3.39. The lowest BCUT2D eigenvalue weighted by molar-refractivity contribution is -0.274. The Hall–Kier alpha value is -3.03. The van der Waals surface area contributed by atoms with Gasteiger partial charge in [-0.2, -0.15) is 0 Å². The van der Waals surface area contributed by atoms with Gasteiger partial charge in [-0.1, -0.05) is 6.07 Å². The molecule has 3 aromatic rings. The highest BCUT2D eigenvalue weighted by Crippen LogP contribution is 2.33. The lowest BCUT2D eigenvalue weighted by atomic mass is 10.0. The zero-order valence-corrected chi connectivity index (χ0v) is 14.2. The summed E-state index contributed by atoms with van der Waals surface area (Å²) in [6.07, 6.45) is -1.57. The van der Waals surface area contributed by atoms with Crippen LogP contribution in [-0.4, -0.2) is 22.3 Å². The van der Waals surface area contributed by atoms with Crippen molar-refractivity contribution in [3.8, 4) is 5.75 Å². The summed E-state index contributed by atoms with van der Waals surface area (Å²) in [5.74, 6) is -0.217. The van der Waals surface area contributed by atoms with Gasteiger partial charge in [0, 0.05) is 24.5 Å². The van der Waals surface area contributed by atoms with E-state index in [0.29, 0.717) is 24.3 Å². The molecule has 1 aromatic carbocycles. The van der Waals surface area contributed by atoms with Crippen molar-refractivity contribution in [2.45, 2.75) is 25.7 Å². The van der Waals surface area contributed by atoms with Crippen LogP contribution in [0.15, 0.2) is 53.5 Å². The van der Waals surface area contributed by atoms with Gasteiger partial charge in [0.15, 0.2) is 0 Å². The van der Waals surface area contributed by atoms with Gasteiger partial charge in [0.2, 0.25) is 0 Å². The predicted molar refractivity (Wildman–Crippen MR) is 94.0 cm³/mol. The van der Waals surface area contributed by atoms with E-state index in [-0.39, 0.29) is 11.3 Å². The Balaban J connectivity index is 1.62. The summed E-state index contributed by atoms with van der Waals surface area (Å²) in [5.41, 5.74) is 2.65. The van der Waals surface area contributed by atoms with Crippen LogP contribution in [0.4, 0.5) is 18.9 Å². The number of benzene rings is 1. The van der Waals surface area contributed by atoms with E-state index in [4.69, 9.17) is 0 Å². The first-order valence-electron chi connectivity index (χ1n) is 8.50. The van der Waals surface area contributed by atoms with Crippen LogP contribution in [0.5, 0.6) is 5.75 Å². The maximum Gasteiger partial charge on any atom is 0.573 e. The molecule has 0 spiro atoms. The molecule has 27 heavy (non-hydrogen) atoms. The van der Waals surface area contributed by atoms with E-state index in [1.54, 1.807) is 24.4 Å². The van der Waals surface area contributed by atoms with Gasteiger partial charge in [-0.05, 0) is 48.7 Å². The van der Waals surface area contributed by atoms with E-state index in [1.807, 2.05) is 11.0 Å². The third-order valence-electron chi connectivity index (χ3n) is 4.48. The number of fused-ring (bicyclic) bond motifs is 2. The zero-order valence-electron chi connectivity index (χ0n) is 14.2. The van der Waals surface area contributed by atoms with Crippen molar-refractivity contribution < 1.29 is 17.9 Å². The molecule has 0 saturated heterocycles. The normalized spacial score (nSPS) is 14.3. The molecule has 0 saturated carbocycles. The maximum atomic E-state index is 12.4. The van der Waals surface area contributed by atoms with Gasteiger partial charge in [-0.25, -0.2) is 4.98 Å². The molecule has 8 heteroatoms. The second-order valence-corrected chi connectivity index (χ2v) is 6.38. The molecule has 0 atom stereocenters. The van der Waals surface area contributed by atoms with E-state index >= 15 is 0 Å². The van der Waals surface area contributed by atoms with Gasteiger partial charge in [-0.15, -0.1) is 13.2 Å². The highest BCUT2D eigenvalue weighted by molar-refractivity contribution is 5.58. The molecule has 0 N–H and O–H groups in total. The molecular weight excluding hydrogens is 359 g/mol. The number of pyridine rings is 1. The van der Waals surface area contributed by atoms with E-state index in [2.05, 4.69) is 9.72 Å². The molecule has 1 aliphatic heterocycles. The van der Waals surface area contributed by atoms with Gasteiger partial charge in [0.05, 0.1) is 12.2 Å². The molecule has 0 amide bonds. The number of alkyl halides is 3. The summed E-state index contributed by atoms with van der Waals surface area (Å²) in [5, 5.41) is 0. The van der Waals surface area contributed by atoms with Crippen LogP contribution in [0.1, 0.15) is 17.7 Å². The summed E-state index contributed by atoms with van der Waals surface area (Å²) >= 11 is 0. The van der Waals surface area contributed by atoms with Crippen LogP contribution < -0.4 is 15.2 Å². The Bertz CT molecular complexity index is 1050. The highest BCUT2D eigenvalue weighted by atomic mass is 19.4. The number of halogens is 3. The van der Waals surface area contributed by atoms with Crippen molar-refractivity contribution in [2.75, 3.05) is 11.4 Å². The molecular formula is C19H16F3N3O2. The smallest absolute Gasteiger partial charge is 0.406 e. The fraction of sp³-hybridized carbons (Fsp3) is 0.263. The first kappa shape index (κ1) is 17.4. The first-order valence-corrected chi connectivity index (χ1v) is 8.50. The van der Waals surface area contributed by atoms with Crippen LogP contribution in [0.2, 0.25) is 0 Å². The number of hydrogen-bond donors (Lipinski definition) is 0. The SMILES string of the molecule is O=c1cc(CN2CCCc3cc(OC(F)(F)F)ccc32)nc2ccccn12. The van der Waals surface area contributed by atoms with Gasteiger partial charge >= 0.3 is 6.36 Å². The lowest BCUT2D eigenvalue weighted by Gasteiger charge is -2.31. The van der Waals surface area contributed by atoms with Crippen LogP contribution in [0.3, 0.4) is 0 Å². The quantitative estimate of drug-likeness (QED) is 0.703. The molecule has 140 valence electrons. The number of aromatic nitrogens is 2. The first-order chi connectivity index (χ1) is 12.9. The summed E-state index contributed by atoms with van der Waals surface area (Å²) < 4.78 is 42.8. The van der Waals surface area contributed by atoms with Crippen LogP contribution in [0, 0.1) is 0 Å². The van der Waals surface area contributed by atoms with Crippen molar-refractivity contribution >= 4 is 11.3 Å². The van der Waals surface area contributed by atoms with Gasteiger partial charge in [0.25, 0.3) is 5.56 Å². The van der Waals surface area contributed by atoms with Crippen molar-refractivity contribution in [1.29, 1.82) is 0 Å². The number of hydrogen-bond acceptors (Lipinski definition) is 4. The molecule has 0 aliphatic carbocycles. The monoisotopic (exact) mass is 375 g/mol. The van der Waals surface area contributed by atoms with Crippen LogP contribution in [0.25, 0.3) is 5.65 Å². The van der Waals surface area contributed by atoms with Crippen molar-refractivity contribution in [3.63, 3.8) is 0 Å². The minimum atomic E-state index is -4.71. The van der Waals surface area contributed by atoms with E-state index in [9.17, 15) is 18.0 Å². The molecule has 2 aromatic heterocycles. The molecule has 0 radical (unpaired) electrons. The van der Waals surface area contributed by atoms with Crippen LogP contribution in [-0.2, 0) is 13.0 Å². The summed E-state index contributed by atoms with van der Waals surface area (Å²) in [7, 11) is 0. The second-order valence-electron chi connectivity index (χ2n) is 6.38. The molecule has 1 aliphatic rings. The summed E-state index contributed by atoms with van der Waals surface area (Å²) in [6.45, 7) is 1.15. The number of nitrogens with zero attached hydrogens (tertiary/aromatic N) is 3. The van der Waals surface area contributed by atoms with Crippen molar-refractivity contribution in [1.82, 2.24) is 9.38 Å². The number of ether oxygens (including phenoxy) is 1. The van der Waals surface area contributed by atoms with Crippen LogP contribution >= 0.6 is 0 Å². The maximum absolute atomic E-state index is 12.4. The van der Waals surface area contributed by atoms with Gasteiger partial charge in [0.1, 0.15) is 11.4 Å². The molecule has 3 heterocycles. The largest absolute Gasteiger partial charge is 0.573 e. The Morgan fingerprint density at radius 2 is 2.00 bits per heavy atom. The summed E-state index contributed by atoms with van der Waals surface area (Å²) in [6, 6.07) is 11.2. The minimum absolute atomic E-state index is 0.165. The molecule has 0 bridgehead atoms. The topological polar surface area (TPSA) is 46.8 Å². The Morgan fingerprint density at radius 1 is 1.15 bits per heavy atom. The average Bonchev–Trinajstić information content (AvgIpc) is 2.60. The average molecular weight is 375 g/mol.